The van der Waals surface area contributed by atoms with Crippen LogP contribution in [-0.4, -0.2) is 72.7 Å². The second kappa shape index (κ2) is 13.3. The number of aromatic nitrogens is 1. The van der Waals surface area contributed by atoms with Gasteiger partial charge >= 0.3 is 0 Å². The summed E-state index contributed by atoms with van der Waals surface area (Å²) in [5, 5.41) is 6.49. The first-order valence-electron chi connectivity index (χ1n) is 10.9. The quantitative estimate of drug-likeness (QED) is 0.505. The summed E-state index contributed by atoms with van der Waals surface area (Å²) in [6.45, 7) is 8.86. The lowest BCUT2D eigenvalue weighted by atomic mass is 10.1. The van der Waals surface area contributed by atoms with E-state index in [9.17, 15) is 9.59 Å². The second-order valence-corrected chi connectivity index (χ2v) is 7.66. The Balaban J connectivity index is 1.81. The average Bonchev–Trinajstić information content (AvgIpc) is 3.12. The molecule has 0 bridgehead atoms. The standard InChI is InChI=1S/C21H36N4O4/c1-3-4-5-6-7-9-21(27)25(11-8-10-24-12-14-28-15-13-24)17-20(26)22-19-16-18(2)29-23-19/h16H,3-15,17H2,1-2H3,(H,22,23,26). The molecule has 0 aliphatic carbocycles. The average molecular weight is 409 g/mol. The van der Waals surface area contributed by atoms with Crippen LogP contribution in [0.25, 0.3) is 0 Å². The highest BCUT2D eigenvalue weighted by atomic mass is 16.5. The van der Waals surface area contributed by atoms with Crippen molar-refractivity contribution in [1.82, 2.24) is 15.0 Å². The van der Waals surface area contributed by atoms with Gasteiger partial charge in [0.15, 0.2) is 5.82 Å². The molecule has 0 spiro atoms. The van der Waals surface area contributed by atoms with E-state index in [-0.39, 0.29) is 18.4 Å². The zero-order valence-corrected chi connectivity index (χ0v) is 18.0. The van der Waals surface area contributed by atoms with Crippen molar-refractivity contribution in [2.75, 3.05) is 51.3 Å². The summed E-state index contributed by atoms with van der Waals surface area (Å²) < 4.78 is 10.3. The number of nitrogens with one attached hydrogen (secondary N) is 1. The number of unbranched alkanes of at least 4 members (excludes halogenated alkanes) is 4. The number of aryl methyl sites for hydroxylation is 1. The molecule has 0 unspecified atom stereocenters. The molecule has 1 fully saturated rings. The number of amides is 2. The van der Waals surface area contributed by atoms with Crippen molar-refractivity contribution in [2.24, 2.45) is 0 Å². The minimum Gasteiger partial charge on any atom is -0.379 e. The van der Waals surface area contributed by atoms with Crippen molar-refractivity contribution < 1.29 is 18.8 Å². The topological polar surface area (TPSA) is 87.9 Å². The van der Waals surface area contributed by atoms with E-state index in [1.165, 1.54) is 12.8 Å². The Morgan fingerprint density at radius 2 is 1.93 bits per heavy atom. The number of ether oxygens (including phenoxy) is 1. The van der Waals surface area contributed by atoms with Crippen molar-refractivity contribution in [3.8, 4) is 0 Å². The van der Waals surface area contributed by atoms with Crippen LogP contribution in [0.2, 0.25) is 0 Å². The lowest BCUT2D eigenvalue weighted by Gasteiger charge is -2.28. The Morgan fingerprint density at radius 3 is 2.62 bits per heavy atom. The van der Waals surface area contributed by atoms with Crippen LogP contribution in [0.5, 0.6) is 0 Å². The van der Waals surface area contributed by atoms with Gasteiger partial charge in [-0.25, -0.2) is 0 Å². The molecule has 8 nitrogen and oxygen atoms in total. The number of nitrogens with zero attached hydrogens (tertiary/aromatic N) is 3. The van der Waals surface area contributed by atoms with Gasteiger partial charge < -0.3 is 19.5 Å². The molecule has 1 aliphatic heterocycles. The molecule has 2 rings (SSSR count). The molecule has 8 heteroatoms. The fourth-order valence-electron chi connectivity index (χ4n) is 3.42. The fourth-order valence-corrected chi connectivity index (χ4v) is 3.42. The molecule has 1 aromatic heterocycles. The van der Waals surface area contributed by atoms with Crippen LogP contribution in [-0.2, 0) is 14.3 Å². The highest BCUT2D eigenvalue weighted by Gasteiger charge is 2.18. The summed E-state index contributed by atoms with van der Waals surface area (Å²) in [6, 6.07) is 1.66. The van der Waals surface area contributed by atoms with Crippen molar-refractivity contribution >= 4 is 17.6 Å². The molecule has 0 saturated carbocycles. The van der Waals surface area contributed by atoms with E-state index in [1.807, 2.05) is 0 Å². The molecule has 2 heterocycles. The summed E-state index contributed by atoms with van der Waals surface area (Å²) in [7, 11) is 0. The van der Waals surface area contributed by atoms with E-state index in [4.69, 9.17) is 9.26 Å². The predicted octanol–water partition coefficient (Wildman–Crippen LogP) is 2.83. The minimum atomic E-state index is -0.246. The van der Waals surface area contributed by atoms with E-state index < -0.39 is 0 Å². The highest BCUT2D eigenvalue weighted by molar-refractivity contribution is 5.93. The molecule has 164 valence electrons. The molecule has 1 N–H and O–H groups in total. The van der Waals surface area contributed by atoms with Gasteiger partial charge in [-0.15, -0.1) is 0 Å². The zero-order valence-electron chi connectivity index (χ0n) is 18.0. The predicted molar refractivity (Wildman–Crippen MR) is 112 cm³/mol. The zero-order chi connectivity index (χ0) is 20.9. The summed E-state index contributed by atoms with van der Waals surface area (Å²) in [5.74, 6) is 0.817. The number of morpholine rings is 1. The monoisotopic (exact) mass is 408 g/mol. The third kappa shape index (κ3) is 9.41. The van der Waals surface area contributed by atoms with Crippen LogP contribution in [0.15, 0.2) is 10.6 Å². The molecule has 2 amide bonds. The van der Waals surface area contributed by atoms with E-state index in [2.05, 4.69) is 22.3 Å². The summed E-state index contributed by atoms with van der Waals surface area (Å²) in [4.78, 5) is 29.2. The lowest BCUT2D eigenvalue weighted by Crippen LogP contribution is -2.41. The maximum Gasteiger partial charge on any atom is 0.245 e. The highest BCUT2D eigenvalue weighted by Crippen LogP contribution is 2.10. The van der Waals surface area contributed by atoms with Gasteiger partial charge in [-0.3, -0.25) is 14.5 Å². The van der Waals surface area contributed by atoms with E-state index in [0.29, 0.717) is 24.5 Å². The van der Waals surface area contributed by atoms with E-state index in [1.54, 1.807) is 17.9 Å². The SMILES string of the molecule is CCCCCCCC(=O)N(CCCN1CCOCC1)CC(=O)Nc1cc(C)on1. The number of rotatable bonds is 13. The molecule has 0 aromatic carbocycles. The number of hydrogen-bond donors (Lipinski definition) is 1. The Kier molecular flexibility index (Phi) is 10.7. The summed E-state index contributed by atoms with van der Waals surface area (Å²) in [5.41, 5.74) is 0. The van der Waals surface area contributed by atoms with Crippen LogP contribution in [0.4, 0.5) is 5.82 Å². The van der Waals surface area contributed by atoms with Crippen LogP contribution >= 0.6 is 0 Å². The third-order valence-corrected chi connectivity index (χ3v) is 5.08. The molecule has 29 heavy (non-hydrogen) atoms. The van der Waals surface area contributed by atoms with Crippen molar-refractivity contribution in [3.63, 3.8) is 0 Å². The van der Waals surface area contributed by atoms with Gasteiger partial charge in [-0.05, 0) is 19.8 Å². The van der Waals surface area contributed by atoms with Crippen LogP contribution in [0.3, 0.4) is 0 Å². The second-order valence-electron chi connectivity index (χ2n) is 7.66. The minimum absolute atomic E-state index is 0.0445. The number of hydrogen-bond acceptors (Lipinski definition) is 6. The largest absolute Gasteiger partial charge is 0.379 e. The van der Waals surface area contributed by atoms with E-state index in [0.717, 1.165) is 58.5 Å². The fraction of sp³-hybridized carbons (Fsp3) is 0.762. The Labute approximate surface area is 173 Å². The van der Waals surface area contributed by atoms with Gasteiger partial charge in [0, 0.05) is 38.7 Å². The summed E-state index contributed by atoms with van der Waals surface area (Å²) >= 11 is 0. The summed E-state index contributed by atoms with van der Waals surface area (Å²) in [6.07, 6.45) is 6.83. The van der Waals surface area contributed by atoms with Gasteiger partial charge in [0.1, 0.15) is 5.76 Å². The van der Waals surface area contributed by atoms with Crippen LogP contribution in [0.1, 0.15) is 57.6 Å². The van der Waals surface area contributed by atoms with Crippen molar-refractivity contribution in [1.29, 1.82) is 0 Å². The van der Waals surface area contributed by atoms with Gasteiger partial charge in [-0.1, -0.05) is 37.8 Å². The first kappa shape index (κ1) is 23.3. The van der Waals surface area contributed by atoms with Crippen LogP contribution in [0, 0.1) is 6.92 Å². The Bertz CT molecular complexity index is 614. The molecular formula is C21H36N4O4. The van der Waals surface area contributed by atoms with E-state index >= 15 is 0 Å². The Morgan fingerprint density at radius 1 is 1.17 bits per heavy atom. The first-order valence-corrected chi connectivity index (χ1v) is 10.9. The molecular weight excluding hydrogens is 372 g/mol. The van der Waals surface area contributed by atoms with Gasteiger partial charge in [0.2, 0.25) is 11.8 Å². The van der Waals surface area contributed by atoms with Gasteiger partial charge in [-0.2, -0.15) is 0 Å². The van der Waals surface area contributed by atoms with Gasteiger partial charge in [0.25, 0.3) is 0 Å². The third-order valence-electron chi connectivity index (χ3n) is 5.08. The first-order chi connectivity index (χ1) is 14.1. The molecule has 1 aromatic rings. The normalized spacial score (nSPS) is 14.7. The molecule has 0 radical (unpaired) electrons. The number of carbonyl (C=O) groups excluding carboxylic acids is 2. The number of anilines is 1. The molecule has 0 atom stereocenters. The number of carbonyl (C=O) groups is 2. The lowest BCUT2D eigenvalue weighted by molar-refractivity contribution is -0.135. The smallest absolute Gasteiger partial charge is 0.245 e. The maximum atomic E-state index is 12.7. The maximum absolute atomic E-state index is 12.7. The Hall–Kier alpha value is -1.93. The van der Waals surface area contributed by atoms with Crippen molar-refractivity contribution in [2.45, 2.75) is 58.8 Å². The van der Waals surface area contributed by atoms with Gasteiger partial charge in [0.05, 0.1) is 19.8 Å². The molecule has 1 aliphatic rings. The van der Waals surface area contributed by atoms with Crippen LogP contribution < -0.4 is 5.32 Å². The van der Waals surface area contributed by atoms with Crippen molar-refractivity contribution in [3.05, 3.63) is 11.8 Å². The molecule has 1 saturated heterocycles.